The molecule has 2 aliphatic rings. The molecule has 40 heavy (non-hydrogen) atoms. The Labute approximate surface area is 237 Å². The number of hydrogen-bond acceptors (Lipinski definition) is 7. The van der Waals surface area contributed by atoms with E-state index in [0.29, 0.717) is 25.2 Å². The van der Waals surface area contributed by atoms with E-state index in [9.17, 15) is 19.5 Å². The summed E-state index contributed by atoms with van der Waals surface area (Å²) in [5, 5.41) is 12.9. The van der Waals surface area contributed by atoms with Gasteiger partial charge in [0, 0.05) is 18.4 Å². The molecule has 8 heteroatoms. The lowest BCUT2D eigenvalue weighted by atomic mass is 9.89. The number of aliphatic hydroxyl groups excluding tert-OH is 1. The summed E-state index contributed by atoms with van der Waals surface area (Å²) in [4.78, 5) is 42.9. The van der Waals surface area contributed by atoms with Crippen LogP contribution < -0.4 is 10.1 Å². The molecule has 8 nitrogen and oxygen atoms in total. The fourth-order valence-corrected chi connectivity index (χ4v) is 5.60. The van der Waals surface area contributed by atoms with Crippen molar-refractivity contribution in [2.75, 3.05) is 26.9 Å². The molecule has 4 rings (SSSR count). The molecule has 2 aliphatic heterocycles. The first-order chi connectivity index (χ1) is 19.2. The number of nitrogens with zero attached hydrogens (tertiary/aromatic N) is 1. The van der Waals surface area contributed by atoms with Gasteiger partial charge in [-0.3, -0.25) is 19.3 Å². The van der Waals surface area contributed by atoms with Gasteiger partial charge in [-0.2, -0.15) is 0 Å². The minimum absolute atomic E-state index is 0.0114. The van der Waals surface area contributed by atoms with Crippen molar-refractivity contribution in [3.63, 3.8) is 0 Å². The van der Waals surface area contributed by atoms with Crippen LogP contribution in [0.1, 0.15) is 50.7 Å². The molecule has 2 saturated heterocycles. The van der Waals surface area contributed by atoms with E-state index in [1.807, 2.05) is 61.5 Å². The Morgan fingerprint density at radius 1 is 1.07 bits per heavy atom. The first kappa shape index (κ1) is 29.9. The van der Waals surface area contributed by atoms with E-state index < -0.39 is 23.6 Å². The number of ether oxygens (including phenoxy) is 2. The molecule has 216 valence electrons. The van der Waals surface area contributed by atoms with Crippen LogP contribution in [0.15, 0.2) is 54.6 Å². The van der Waals surface area contributed by atoms with E-state index in [4.69, 9.17) is 9.47 Å². The van der Waals surface area contributed by atoms with Crippen molar-refractivity contribution in [3.8, 4) is 5.75 Å². The Kier molecular flexibility index (Phi) is 10.1. The number of epoxide rings is 1. The summed E-state index contributed by atoms with van der Waals surface area (Å²) >= 11 is 0. The highest BCUT2D eigenvalue weighted by Gasteiger charge is 2.50. The Morgan fingerprint density at radius 2 is 1.75 bits per heavy atom. The van der Waals surface area contributed by atoms with Gasteiger partial charge in [0.1, 0.15) is 17.1 Å². The summed E-state index contributed by atoms with van der Waals surface area (Å²) < 4.78 is 10.7. The number of carbonyl (C=O) groups is 3. The second-order valence-corrected chi connectivity index (χ2v) is 11.3. The zero-order chi connectivity index (χ0) is 28.7. The molecule has 2 aromatic carbocycles. The van der Waals surface area contributed by atoms with Crippen LogP contribution in [0.2, 0.25) is 0 Å². The van der Waals surface area contributed by atoms with Gasteiger partial charge in [0.15, 0.2) is 5.78 Å². The van der Waals surface area contributed by atoms with Gasteiger partial charge in [0.25, 0.3) is 0 Å². The van der Waals surface area contributed by atoms with E-state index >= 15 is 0 Å². The number of methoxy groups -OCH3 is 1. The third-order valence-electron chi connectivity index (χ3n) is 8.32. The van der Waals surface area contributed by atoms with Crippen LogP contribution in [-0.4, -0.2) is 78.1 Å². The molecular formula is C32H42N2O6. The molecule has 0 aliphatic carbocycles. The predicted octanol–water partition coefficient (Wildman–Crippen LogP) is 3.13. The van der Waals surface area contributed by atoms with Crippen LogP contribution in [0.3, 0.4) is 0 Å². The number of Topliss-reactive ketones (excluding diaryl/α,β-unsaturated/α-hetero) is 2. The summed E-state index contributed by atoms with van der Waals surface area (Å²) in [6.45, 7) is 4.71. The van der Waals surface area contributed by atoms with Crippen LogP contribution in [0, 0.1) is 5.92 Å². The molecule has 0 bridgehead atoms. The third-order valence-corrected chi connectivity index (χ3v) is 8.32. The maximum atomic E-state index is 13.8. The zero-order valence-electron chi connectivity index (χ0n) is 23.8. The van der Waals surface area contributed by atoms with Crippen molar-refractivity contribution in [3.05, 3.63) is 65.7 Å². The SMILES string of the molecule is COc1ccc(C[C@H](CC(=O)[C@H](C)N2CCCC[C@H]2CO)C(=O)N[C@@H](Cc2ccccc2)C(=O)[C@@]2(C)CO2)cc1. The fourth-order valence-electron chi connectivity index (χ4n) is 5.60. The van der Waals surface area contributed by atoms with Crippen LogP contribution in [0.25, 0.3) is 0 Å². The fraction of sp³-hybridized carbons (Fsp3) is 0.531. The van der Waals surface area contributed by atoms with Crippen LogP contribution in [0.5, 0.6) is 5.75 Å². The normalized spacial score (nSPS) is 23.1. The van der Waals surface area contributed by atoms with Crippen molar-refractivity contribution < 1.29 is 29.0 Å². The van der Waals surface area contributed by atoms with Crippen molar-refractivity contribution in [1.29, 1.82) is 0 Å². The van der Waals surface area contributed by atoms with E-state index in [1.165, 1.54) is 0 Å². The summed E-state index contributed by atoms with van der Waals surface area (Å²) in [5.74, 6) is -0.489. The molecule has 0 radical (unpaired) electrons. The van der Waals surface area contributed by atoms with Gasteiger partial charge in [-0.25, -0.2) is 0 Å². The van der Waals surface area contributed by atoms with Gasteiger partial charge >= 0.3 is 0 Å². The Bertz CT molecular complexity index is 1150. The van der Waals surface area contributed by atoms with Crippen molar-refractivity contribution >= 4 is 17.5 Å². The smallest absolute Gasteiger partial charge is 0.224 e. The molecule has 0 unspecified atom stereocenters. The number of piperidine rings is 1. The number of likely N-dealkylation sites (tertiary alicyclic amines) is 1. The summed E-state index contributed by atoms with van der Waals surface area (Å²) in [6.07, 6.45) is 3.59. The lowest BCUT2D eigenvalue weighted by Gasteiger charge is -2.38. The summed E-state index contributed by atoms with van der Waals surface area (Å²) in [5.41, 5.74) is 0.939. The van der Waals surface area contributed by atoms with Gasteiger partial charge < -0.3 is 19.9 Å². The topological polar surface area (TPSA) is 108 Å². The van der Waals surface area contributed by atoms with Crippen LogP contribution >= 0.6 is 0 Å². The molecule has 0 spiro atoms. The highest BCUT2D eigenvalue weighted by Crippen LogP contribution is 2.30. The second-order valence-electron chi connectivity index (χ2n) is 11.3. The molecule has 1 amide bonds. The highest BCUT2D eigenvalue weighted by atomic mass is 16.6. The summed E-state index contributed by atoms with van der Waals surface area (Å²) in [7, 11) is 1.60. The molecule has 5 atom stereocenters. The van der Waals surface area contributed by atoms with E-state index in [2.05, 4.69) is 10.2 Å². The maximum absolute atomic E-state index is 13.8. The molecule has 0 saturated carbocycles. The van der Waals surface area contributed by atoms with Gasteiger partial charge in [-0.1, -0.05) is 48.9 Å². The monoisotopic (exact) mass is 550 g/mol. The van der Waals surface area contributed by atoms with Gasteiger partial charge in [0.2, 0.25) is 5.91 Å². The number of ketones is 2. The Balaban J connectivity index is 1.54. The van der Waals surface area contributed by atoms with E-state index in [1.54, 1.807) is 14.0 Å². The average molecular weight is 551 g/mol. The number of nitrogens with one attached hydrogen (secondary N) is 1. The molecule has 2 N–H and O–H groups in total. The van der Waals surface area contributed by atoms with Crippen molar-refractivity contribution in [2.24, 2.45) is 5.92 Å². The maximum Gasteiger partial charge on any atom is 0.224 e. The molecule has 2 aromatic rings. The average Bonchev–Trinajstić information content (AvgIpc) is 3.74. The molecule has 2 heterocycles. The van der Waals surface area contributed by atoms with Crippen LogP contribution in [0.4, 0.5) is 0 Å². The summed E-state index contributed by atoms with van der Waals surface area (Å²) in [6, 6.07) is 15.8. The minimum Gasteiger partial charge on any atom is -0.497 e. The van der Waals surface area contributed by atoms with Gasteiger partial charge in [-0.05, 0) is 69.3 Å². The van der Waals surface area contributed by atoms with Gasteiger partial charge in [0.05, 0.1) is 32.4 Å². The second kappa shape index (κ2) is 13.5. The van der Waals surface area contributed by atoms with E-state index in [0.717, 1.165) is 36.9 Å². The zero-order valence-corrected chi connectivity index (χ0v) is 23.8. The van der Waals surface area contributed by atoms with Gasteiger partial charge in [-0.15, -0.1) is 0 Å². The standard InChI is InChI=1S/C32H42N2O6/c1-22(34-16-8-7-11-26(34)20-35)29(36)19-25(17-24-12-14-27(39-3)15-13-24)31(38)33-28(30(37)32(2)21-40-32)18-23-9-5-4-6-10-23/h4-6,9-10,12-15,22,25-26,28,35H,7-8,11,16-21H2,1-3H3,(H,33,38)/t22-,25+,26-,28-,32+/m0/s1. The number of benzene rings is 2. The number of aliphatic hydroxyl groups is 1. The number of hydrogen-bond donors (Lipinski definition) is 2. The lowest BCUT2D eigenvalue weighted by Crippen LogP contribution is -2.52. The molecular weight excluding hydrogens is 508 g/mol. The third kappa shape index (κ3) is 7.56. The van der Waals surface area contributed by atoms with Crippen molar-refractivity contribution in [1.82, 2.24) is 10.2 Å². The Morgan fingerprint density at radius 3 is 2.38 bits per heavy atom. The molecule has 0 aromatic heterocycles. The minimum atomic E-state index is -0.893. The first-order valence-electron chi connectivity index (χ1n) is 14.3. The van der Waals surface area contributed by atoms with E-state index in [-0.39, 0.29) is 36.5 Å². The highest BCUT2D eigenvalue weighted by molar-refractivity contribution is 5.98. The number of amides is 1. The van der Waals surface area contributed by atoms with Crippen molar-refractivity contribution in [2.45, 2.75) is 76.1 Å². The quantitative estimate of drug-likeness (QED) is 0.348. The molecule has 2 fully saturated rings. The number of rotatable bonds is 14. The Hall–Kier alpha value is -3.07. The number of carbonyl (C=O) groups excluding carboxylic acids is 3. The lowest BCUT2D eigenvalue weighted by molar-refractivity contribution is -0.135. The first-order valence-corrected chi connectivity index (χ1v) is 14.3. The predicted molar refractivity (Wildman–Crippen MR) is 152 cm³/mol. The largest absolute Gasteiger partial charge is 0.497 e. The van der Waals surface area contributed by atoms with Crippen LogP contribution in [-0.2, 0) is 32.0 Å².